The molecule has 0 saturated heterocycles. The van der Waals surface area contributed by atoms with Gasteiger partial charge in [0.2, 0.25) is 0 Å². The highest BCUT2D eigenvalue weighted by atomic mass is 31.2. The molecule has 1 heterocycles. The van der Waals surface area contributed by atoms with Gasteiger partial charge in [-0.2, -0.15) is 0 Å². The topological polar surface area (TPSA) is 17.1 Å². The average molecular weight is 184 g/mol. The van der Waals surface area contributed by atoms with Gasteiger partial charge in [0.05, 0.1) is 0 Å². The van der Waals surface area contributed by atoms with Gasteiger partial charge in [0.15, 0.2) is 0 Å². The number of hydrogen-bond acceptors (Lipinski definition) is 1. The SMILES string of the molecule is C[C@H]1CCC2=C(C1)[P@@](C)(=O)CC2. The molecule has 0 N–H and O–H groups in total. The van der Waals surface area contributed by atoms with Crippen LogP contribution >= 0.6 is 7.14 Å². The third-order valence-electron chi connectivity index (χ3n) is 3.30. The molecular weight excluding hydrogens is 167 g/mol. The lowest BCUT2D eigenvalue weighted by atomic mass is 9.90. The van der Waals surface area contributed by atoms with E-state index in [9.17, 15) is 4.57 Å². The fraction of sp³-hybridized carbons (Fsp3) is 0.800. The van der Waals surface area contributed by atoms with Crippen LogP contribution in [0, 0.1) is 5.92 Å². The van der Waals surface area contributed by atoms with E-state index in [0.29, 0.717) is 0 Å². The van der Waals surface area contributed by atoms with Gasteiger partial charge in [-0.1, -0.05) is 12.5 Å². The average Bonchev–Trinajstić information content (AvgIpc) is 2.28. The van der Waals surface area contributed by atoms with Gasteiger partial charge in [0, 0.05) is 6.16 Å². The Kier molecular flexibility index (Phi) is 1.95. The number of hydrogen-bond donors (Lipinski definition) is 0. The zero-order chi connectivity index (χ0) is 8.77. The van der Waals surface area contributed by atoms with E-state index in [1.807, 2.05) is 6.66 Å². The van der Waals surface area contributed by atoms with E-state index in [0.717, 1.165) is 24.9 Å². The van der Waals surface area contributed by atoms with Crippen LogP contribution in [0.25, 0.3) is 0 Å². The molecule has 0 aromatic heterocycles. The fourth-order valence-corrected chi connectivity index (χ4v) is 4.98. The first-order valence-corrected chi connectivity index (χ1v) is 7.21. The molecular formula is C10H17OP. The second kappa shape index (κ2) is 2.73. The molecule has 2 rings (SSSR count). The van der Waals surface area contributed by atoms with Gasteiger partial charge in [0.1, 0.15) is 7.14 Å². The van der Waals surface area contributed by atoms with E-state index >= 15 is 0 Å². The third-order valence-corrected chi connectivity index (χ3v) is 6.02. The van der Waals surface area contributed by atoms with Crippen molar-refractivity contribution in [3.05, 3.63) is 10.9 Å². The Hall–Kier alpha value is -0.0300. The summed E-state index contributed by atoms with van der Waals surface area (Å²) in [5.41, 5.74) is 1.55. The van der Waals surface area contributed by atoms with Gasteiger partial charge in [-0.25, -0.2) is 0 Å². The predicted molar refractivity (Wildman–Crippen MR) is 53.1 cm³/mol. The van der Waals surface area contributed by atoms with Crippen LogP contribution in [0.15, 0.2) is 10.9 Å². The Labute approximate surface area is 74.6 Å². The predicted octanol–water partition coefficient (Wildman–Crippen LogP) is 3.46. The summed E-state index contributed by atoms with van der Waals surface area (Å²) in [6.45, 7) is 4.26. The first-order valence-electron chi connectivity index (χ1n) is 4.87. The molecule has 0 spiro atoms. The van der Waals surface area contributed by atoms with Crippen LogP contribution in [0.3, 0.4) is 0 Å². The molecule has 0 aromatic rings. The van der Waals surface area contributed by atoms with Crippen molar-refractivity contribution in [2.24, 2.45) is 5.92 Å². The van der Waals surface area contributed by atoms with Crippen molar-refractivity contribution < 1.29 is 4.57 Å². The quantitative estimate of drug-likeness (QED) is 0.527. The molecule has 2 heteroatoms. The summed E-state index contributed by atoms with van der Waals surface area (Å²) in [5, 5.41) is 1.38. The van der Waals surface area contributed by atoms with E-state index < -0.39 is 7.14 Å². The van der Waals surface area contributed by atoms with Crippen LogP contribution in [-0.2, 0) is 4.57 Å². The first-order chi connectivity index (χ1) is 5.59. The van der Waals surface area contributed by atoms with Gasteiger partial charge >= 0.3 is 0 Å². The van der Waals surface area contributed by atoms with Crippen molar-refractivity contribution in [2.75, 3.05) is 12.8 Å². The maximum Gasteiger partial charge on any atom is 0.109 e. The first kappa shape index (κ1) is 8.56. The van der Waals surface area contributed by atoms with Crippen LogP contribution in [0.5, 0.6) is 0 Å². The summed E-state index contributed by atoms with van der Waals surface area (Å²) >= 11 is 0. The van der Waals surface area contributed by atoms with Crippen molar-refractivity contribution in [3.8, 4) is 0 Å². The van der Waals surface area contributed by atoms with E-state index in [4.69, 9.17) is 0 Å². The summed E-state index contributed by atoms with van der Waals surface area (Å²) in [5.74, 6) is 0.773. The third kappa shape index (κ3) is 1.29. The normalized spacial score (nSPS) is 41.7. The lowest BCUT2D eigenvalue weighted by Gasteiger charge is -2.22. The molecule has 1 nitrogen and oxygen atoms in total. The molecule has 0 aromatic carbocycles. The number of allylic oxidation sites excluding steroid dienone is 2. The highest BCUT2D eigenvalue weighted by molar-refractivity contribution is 7.67. The van der Waals surface area contributed by atoms with Crippen molar-refractivity contribution >= 4 is 7.14 Å². The molecule has 2 atom stereocenters. The zero-order valence-electron chi connectivity index (χ0n) is 7.97. The number of rotatable bonds is 0. The Bertz CT molecular complexity index is 278. The molecule has 0 saturated carbocycles. The fourth-order valence-electron chi connectivity index (χ4n) is 2.42. The molecule has 0 fully saturated rings. The molecule has 0 unspecified atom stereocenters. The minimum Gasteiger partial charge on any atom is -0.319 e. The summed E-state index contributed by atoms with van der Waals surface area (Å²) in [4.78, 5) is 0. The zero-order valence-corrected chi connectivity index (χ0v) is 8.86. The van der Waals surface area contributed by atoms with Crippen LogP contribution in [-0.4, -0.2) is 12.8 Å². The lowest BCUT2D eigenvalue weighted by molar-refractivity contribution is 0.503. The van der Waals surface area contributed by atoms with Crippen molar-refractivity contribution in [3.63, 3.8) is 0 Å². The second-order valence-electron chi connectivity index (χ2n) is 4.47. The standard InChI is InChI=1S/C10H17OP/c1-8-3-4-9-5-6-12(2,11)10(9)7-8/h8H,3-7H2,1-2H3/t8-,12-/m0/s1. The molecule has 0 radical (unpaired) electrons. The van der Waals surface area contributed by atoms with E-state index in [2.05, 4.69) is 6.92 Å². The Morgan fingerprint density at radius 3 is 2.92 bits per heavy atom. The Morgan fingerprint density at radius 2 is 2.17 bits per heavy atom. The molecule has 1 aliphatic carbocycles. The minimum absolute atomic E-state index is 0.773. The van der Waals surface area contributed by atoms with Crippen LogP contribution in [0.1, 0.15) is 32.6 Å². The maximum atomic E-state index is 12.1. The van der Waals surface area contributed by atoms with Gasteiger partial charge in [-0.05, 0) is 43.6 Å². The van der Waals surface area contributed by atoms with E-state index in [1.54, 1.807) is 5.57 Å². The van der Waals surface area contributed by atoms with Crippen LogP contribution < -0.4 is 0 Å². The van der Waals surface area contributed by atoms with E-state index in [1.165, 1.54) is 18.2 Å². The summed E-state index contributed by atoms with van der Waals surface area (Å²) in [6, 6.07) is 0. The molecule has 0 bridgehead atoms. The smallest absolute Gasteiger partial charge is 0.109 e. The monoisotopic (exact) mass is 184 g/mol. The molecule has 0 amide bonds. The van der Waals surface area contributed by atoms with Gasteiger partial charge in [-0.15, -0.1) is 0 Å². The highest BCUT2D eigenvalue weighted by Gasteiger charge is 2.34. The minimum atomic E-state index is -1.83. The van der Waals surface area contributed by atoms with Crippen molar-refractivity contribution in [1.29, 1.82) is 0 Å². The lowest BCUT2D eigenvalue weighted by Crippen LogP contribution is -2.03. The summed E-state index contributed by atoms with van der Waals surface area (Å²) in [7, 11) is -1.83. The molecule has 12 heavy (non-hydrogen) atoms. The van der Waals surface area contributed by atoms with Crippen LogP contribution in [0.2, 0.25) is 0 Å². The highest BCUT2D eigenvalue weighted by Crippen LogP contribution is 2.62. The maximum absolute atomic E-state index is 12.1. The molecule has 68 valence electrons. The van der Waals surface area contributed by atoms with Gasteiger partial charge in [-0.3, -0.25) is 0 Å². The molecule has 1 aliphatic heterocycles. The van der Waals surface area contributed by atoms with E-state index in [-0.39, 0.29) is 0 Å². The summed E-state index contributed by atoms with van der Waals surface area (Å²) in [6.07, 6.45) is 5.77. The van der Waals surface area contributed by atoms with Crippen LogP contribution in [0.4, 0.5) is 0 Å². The largest absolute Gasteiger partial charge is 0.319 e. The Balaban J connectivity index is 2.32. The summed E-state index contributed by atoms with van der Waals surface area (Å²) < 4.78 is 12.1. The van der Waals surface area contributed by atoms with Crippen molar-refractivity contribution in [1.82, 2.24) is 0 Å². The van der Waals surface area contributed by atoms with Gasteiger partial charge in [0.25, 0.3) is 0 Å². The van der Waals surface area contributed by atoms with Gasteiger partial charge < -0.3 is 4.57 Å². The Morgan fingerprint density at radius 1 is 1.42 bits per heavy atom. The molecule has 2 aliphatic rings. The van der Waals surface area contributed by atoms with Crippen molar-refractivity contribution in [2.45, 2.75) is 32.6 Å². The second-order valence-corrected chi connectivity index (χ2v) is 7.66.